The van der Waals surface area contributed by atoms with Crippen molar-refractivity contribution in [1.29, 1.82) is 0 Å². The minimum atomic E-state index is -0.498. The molecule has 4 rings (SSSR count). The molecular formula is C22H19BrN4O2S. The van der Waals surface area contributed by atoms with Gasteiger partial charge in [0.1, 0.15) is 0 Å². The number of benzene rings is 2. The summed E-state index contributed by atoms with van der Waals surface area (Å²) in [4.78, 5) is 12.6. The van der Waals surface area contributed by atoms with Crippen LogP contribution in [0.2, 0.25) is 0 Å². The predicted octanol–water partition coefficient (Wildman–Crippen LogP) is 4.27. The van der Waals surface area contributed by atoms with Crippen LogP contribution in [0, 0.1) is 0 Å². The first-order chi connectivity index (χ1) is 14.5. The van der Waals surface area contributed by atoms with Crippen LogP contribution < -0.4 is 10.6 Å². The third kappa shape index (κ3) is 3.88. The quantitative estimate of drug-likeness (QED) is 0.427. The Labute approximate surface area is 188 Å². The summed E-state index contributed by atoms with van der Waals surface area (Å²) < 4.78 is 7.83. The van der Waals surface area contributed by atoms with E-state index in [2.05, 4.69) is 26.6 Å². The van der Waals surface area contributed by atoms with Crippen LogP contribution in [0.4, 0.5) is 0 Å². The van der Waals surface area contributed by atoms with Crippen molar-refractivity contribution in [3.63, 3.8) is 0 Å². The Hall–Kier alpha value is -2.97. The maximum absolute atomic E-state index is 12.6. The van der Waals surface area contributed by atoms with Gasteiger partial charge in [-0.3, -0.25) is 0 Å². The van der Waals surface area contributed by atoms with Crippen molar-refractivity contribution in [1.82, 2.24) is 20.4 Å². The number of hydrogen-bond acceptors (Lipinski definition) is 4. The highest BCUT2D eigenvalue weighted by molar-refractivity contribution is 9.10. The second-order valence-electron chi connectivity index (χ2n) is 6.78. The van der Waals surface area contributed by atoms with E-state index in [4.69, 9.17) is 22.1 Å². The fraction of sp³-hybridized carbons (Fsp3) is 0.136. The molecule has 0 saturated carbocycles. The number of para-hydroxylation sites is 1. The first kappa shape index (κ1) is 20.3. The molecule has 2 N–H and O–H groups in total. The predicted molar refractivity (Wildman–Crippen MR) is 123 cm³/mol. The Morgan fingerprint density at radius 3 is 2.53 bits per heavy atom. The fourth-order valence-electron chi connectivity index (χ4n) is 3.45. The normalized spacial score (nSPS) is 16.1. The van der Waals surface area contributed by atoms with Crippen LogP contribution in [0.15, 0.2) is 76.5 Å². The molecule has 0 spiro atoms. The molecular weight excluding hydrogens is 464 g/mol. The molecule has 30 heavy (non-hydrogen) atoms. The molecule has 3 aromatic rings. The molecule has 1 atom stereocenters. The van der Waals surface area contributed by atoms with Gasteiger partial charge in [-0.2, -0.15) is 5.10 Å². The number of thiocarbonyl (C=S) groups is 1. The number of nitrogens with one attached hydrogen (secondary N) is 2. The lowest BCUT2D eigenvalue weighted by Gasteiger charge is -2.29. The van der Waals surface area contributed by atoms with Gasteiger partial charge in [0.05, 0.1) is 30.1 Å². The lowest BCUT2D eigenvalue weighted by Crippen LogP contribution is -2.45. The van der Waals surface area contributed by atoms with Crippen molar-refractivity contribution in [3.05, 3.63) is 82.1 Å². The van der Waals surface area contributed by atoms with Crippen LogP contribution in [0.3, 0.4) is 0 Å². The smallest absolute Gasteiger partial charge is 0.337 e. The van der Waals surface area contributed by atoms with E-state index >= 15 is 0 Å². The Kier molecular flexibility index (Phi) is 5.69. The zero-order valence-corrected chi connectivity index (χ0v) is 18.8. The Morgan fingerprint density at radius 2 is 1.87 bits per heavy atom. The van der Waals surface area contributed by atoms with Gasteiger partial charge >= 0.3 is 5.97 Å². The Bertz CT molecular complexity index is 1140. The monoisotopic (exact) mass is 482 g/mol. The van der Waals surface area contributed by atoms with Gasteiger partial charge in [0.25, 0.3) is 0 Å². The van der Waals surface area contributed by atoms with Crippen molar-refractivity contribution in [3.8, 4) is 16.9 Å². The molecule has 0 fully saturated rings. The van der Waals surface area contributed by atoms with E-state index in [9.17, 15) is 4.79 Å². The second kappa shape index (κ2) is 8.41. The van der Waals surface area contributed by atoms with Crippen molar-refractivity contribution >= 4 is 39.2 Å². The number of esters is 1. The second-order valence-corrected chi connectivity index (χ2v) is 8.11. The first-order valence-electron chi connectivity index (χ1n) is 9.25. The number of aromatic nitrogens is 2. The standard InChI is InChI=1S/C22H19BrN4O2S/c1-13-18(21(28)29-2)20(25-22(30)24-13)17-12-27(16-6-4-3-5-7-16)26-19(17)14-8-10-15(23)11-9-14/h3-12,20H,1-2H3,(H2,24,25,30). The average Bonchev–Trinajstić information content (AvgIpc) is 3.19. The van der Waals surface area contributed by atoms with Gasteiger partial charge in [-0.1, -0.05) is 46.3 Å². The zero-order chi connectivity index (χ0) is 21.3. The lowest BCUT2D eigenvalue weighted by atomic mass is 9.94. The van der Waals surface area contributed by atoms with Crippen LogP contribution in [0.1, 0.15) is 18.5 Å². The third-order valence-corrected chi connectivity index (χ3v) is 5.61. The van der Waals surface area contributed by atoms with Crippen LogP contribution in [0.25, 0.3) is 16.9 Å². The molecule has 2 aromatic carbocycles. The van der Waals surface area contributed by atoms with Crippen LogP contribution in [0.5, 0.6) is 0 Å². The number of halogens is 1. The number of carbonyl (C=O) groups excluding carboxylic acids is 1. The van der Waals surface area contributed by atoms with Crippen molar-refractivity contribution < 1.29 is 9.53 Å². The summed E-state index contributed by atoms with van der Waals surface area (Å²) in [6, 6.07) is 17.2. The number of allylic oxidation sites excluding steroid dienone is 1. The highest BCUT2D eigenvalue weighted by atomic mass is 79.9. The molecule has 0 aliphatic carbocycles. The van der Waals surface area contributed by atoms with Crippen LogP contribution in [-0.4, -0.2) is 28.0 Å². The number of nitrogens with zero attached hydrogens (tertiary/aromatic N) is 2. The minimum Gasteiger partial charge on any atom is -0.466 e. The van der Waals surface area contributed by atoms with E-state index in [1.807, 2.05) is 72.4 Å². The van der Waals surface area contributed by atoms with E-state index in [0.717, 1.165) is 27.0 Å². The molecule has 0 radical (unpaired) electrons. The molecule has 1 aliphatic heterocycles. The summed E-state index contributed by atoms with van der Waals surface area (Å²) in [6.07, 6.45) is 1.93. The first-order valence-corrected chi connectivity index (χ1v) is 10.5. The Morgan fingerprint density at radius 1 is 1.17 bits per heavy atom. The molecule has 1 unspecified atom stereocenters. The van der Waals surface area contributed by atoms with Gasteiger partial charge in [0, 0.05) is 27.5 Å². The largest absolute Gasteiger partial charge is 0.466 e. The number of ether oxygens (including phenoxy) is 1. The number of hydrogen-bond donors (Lipinski definition) is 2. The van der Waals surface area contributed by atoms with E-state index in [1.165, 1.54) is 7.11 Å². The maximum Gasteiger partial charge on any atom is 0.337 e. The molecule has 6 nitrogen and oxygen atoms in total. The van der Waals surface area contributed by atoms with Crippen molar-refractivity contribution in [2.45, 2.75) is 13.0 Å². The summed E-state index contributed by atoms with van der Waals surface area (Å²) in [5.41, 5.74) is 4.55. The topological polar surface area (TPSA) is 68.2 Å². The fourth-order valence-corrected chi connectivity index (χ4v) is 3.99. The average molecular weight is 483 g/mol. The third-order valence-electron chi connectivity index (χ3n) is 4.87. The van der Waals surface area contributed by atoms with Gasteiger partial charge < -0.3 is 15.4 Å². The van der Waals surface area contributed by atoms with Gasteiger partial charge in [-0.15, -0.1) is 0 Å². The van der Waals surface area contributed by atoms with Gasteiger partial charge in [0.15, 0.2) is 5.11 Å². The van der Waals surface area contributed by atoms with Gasteiger partial charge in [-0.05, 0) is 43.4 Å². The minimum absolute atomic E-state index is 0.422. The number of carbonyl (C=O) groups is 1. The summed E-state index contributed by atoms with van der Waals surface area (Å²) in [7, 11) is 1.37. The molecule has 0 saturated heterocycles. The molecule has 1 aliphatic rings. The van der Waals surface area contributed by atoms with Crippen molar-refractivity contribution in [2.75, 3.05) is 7.11 Å². The zero-order valence-electron chi connectivity index (χ0n) is 16.3. The van der Waals surface area contributed by atoms with Crippen LogP contribution in [-0.2, 0) is 9.53 Å². The Balaban J connectivity index is 1.92. The van der Waals surface area contributed by atoms with E-state index in [0.29, 0.717) is 16.4 Å². The molecule has 0 bridgehead atoms. The highest BCUT2D eigenvalue weighted by Gasteiger charge is 2.33. The van der Waals surface area contributed by atoms with E-state index in [1.54, 1.807) is 0 Å². The number of rotatable bonds is 4. The molecule has 1 aromatic heterocycles. The highest BCUT2D eigenvalue weighted by Crippen LogP contribution is 2.35. The SMILES string of the molecule is COC(=O)C1=C(C)NC(=S)NC1c1cn(-c2ccccc2)nc1-c1ccc(Br)cc1. The summed E-state index contributed by atoms with van der Waals surface area (Å²) >= 11 is 8.85. The maximum atomic E-state index is 12.6. The van der Waals surface area contributed by atoms with E-state index in [-0.39, 0.29) is 0 Å². The number of methoxy groups -OCH3 is 1. The van der Waals surface area contributed by atoms with Crippen LogP contribution >= 0.6 is 28.1 Å². The summed E-state index contributed by atoms with van der Waals surface area (Å²) in [6.45, 7) is 1.81. The summed E-state index contributed by atoms with van der Waals surface area (Å²) in [5, 5.41) is 11.5. The lowest BCUT2D eigenvalue weighted by molar-refractivity contribution is -0.136. The molecule has 8 heteroatoms. The van der Waals surface area contributed by atoms with Gasteiger partial charge in [-0.25, -0.2) is 9.48 Å². The molecule has 0 amide bonds. The molecule has 2 heterocycles. The summed E-state index contributed by atoms with van der Waals surface area (Å²) in [5.74, 6) is -0.422. The van der Waals surface area contributed by atoms with Gasteiger partial charge in [0.2, 0.25) is 0 Å². The van der Waals surface area contributed by atoms with E-state index < -0.39 is 12.0 Å². The van der Waals surface area contributed by atoms with Crippen molar-refractivity contribution in [2.24, 2.45) is 0 Å². The molecule has 152 valence electrons.